The monoisotopic (exact) mass is 871 g/mol. The fraction of sp³-hybridized carbons (Fsp3) is 0.373. The number of para-hydroxylation sites is 1. The number of pyridine rings is 1. The van der Waals surface area contributed by atoms with Gasteiger partial charge in [-0.2, -0.15) is 4.31 Å². The topological polar surface area (TPSA) is 140 Å². The summed E-state index contributed by atoms with van der Waals surface area (Å²) in [4.78, 5) is 10.4. The molecule has 1 saturated carbocycles. The molecular formula is C51H57N3O8S. The number of oxime groups is 1. The number of unbranched alkanes of at least 4 members (excludes halogenated alkanes) is 2. The van der Waals surface area contributed by atoms with E-state index in [-0.39, 0.29) is 48.9 Å². The predicted molar refractivity (Wildman–Crippen MR) is 245 cm³/mol. The Morgan fingerprint density at radius 3 is 2.38 bits per heavy atom. The van der Waals surface area contributed by atoms with Crippen LogP contribution in [0.2, 0.25) is 0 Å². The Morgan fingerprint density at radius 1 is 0.905 bits per heavy atom. The first-order valence-corrected chi connectivity index (χ1v) is 23.5. The van der Waals surface area contributed by atoms with E-state index in [1.54, 1.807) is 37.5 Å². The lowest BCUT2D eigenvalue weighted by molar-refractivity contribution is -0.250. The Hall–Kier alpha value is -5.37. The van der Waals surface area contributed by atoms with Crippen LogP contribution in [0.1, 0.15) is 63.4 Å². The lowest BCUT2D eigenvalue weighted by atomic mass is 9.55. The zero-order chi connectivity index (χ0) is 44.0. The van der Waals surface area contributed by atoms with Gasteiger partial charge < -0.3 is 29.3 Å². The minimum Gasteiger partial charge on any atom is -0.460 e. The SMILES string of the molecule is C=CCOC12Oc3ccc(Oc4ccc(-c5ccccc5)cc4)cc3C3C(CCCCO)C(CCCCO)C=C(C(=NOCC)CC1N(C)S(=O)(=O)c1cccc4cccnc14)C32. The summed E-state index contributed by atoms with van der Waals surface area (Å²) in [6, 6.07) is 31.9. The van der Waals surface area contributed by atoms with E-state index in [4.69, 9.17) is 24.2 Å². The molecule has 6 unspecified atom stereocenters. The van der Waals surface area contributed by atoms with E-state index in [2.05, 4.69) is 35.8 Å². The van der Waals surface area contributed by atoms with Crippen LogP contribution >= 0.6 is 0 Å². The molecule has 1 aliphatic heterocycles. The first-order chi connectivity index (χ1) is 30.7. The number of ether oxygens (including phenoxy) is 3. The van der Waals surface area contributed by atoms with Crippen molar-refractivity contribution in [3.8, 4) is 28.4 Å². The number of hydrogen-bond donors (Lipinski definition) is 2. The molecule has 5 aromatic rings. The van der Waals surface area contributed by atoms with Gasteiger partial charge in [0.2, 0.25) is 15.8 Å². The van der Waals surface area contributed by atoms with Crippen molar-refractivity contribution < 1.29 is 37.7 Å². The van der Waals surface area contributed by atoms with Crippen molar-refractivity contribution in [3.05, 3.63) is 139 Å². The fourth-order valence-electron chi connectivity index (χ4n) is 10.00. The van der Waals surface area contributed by atoms with E-state index in [9.17, 15) is 10.2 Å². The maximum absolute atomic E-state index is 15.1. The molecular weight excluding hydrogens is 815 g/mol. The highest BCUT2D eigenvalue weighted by Gasteiger charge is 2.65. The predicted octanol–water partition coefficient (Wildman–Crippen LogP) is 9.67. The Bertz CT molecular complexity index is 2540. The van der Waals surface area contributed by atoms with Crippen LogP contribution in [0.15, 0.2) is 144 Å². The number of aromatic nitrogens is 1. The summed E-state index contributed by atoms with van der Waals surface area (Å²) >= 11 is 0. The van der Waals surface area contributed by atoms with E-state index >= 15 is 8.42 Å². The maximum atomic E-state index is 15.1. The van der Waals surface area contributed by atoms with Crippen molar-refractivity contribution in [1.82, 2.24) is 9.29 Å². The van der Waals surface area contributed by atoms with Crippen molar-refractivity contribution in [2.75, 3.05) is 33.5 Å². The van der Waals surface area contributed by atoms with Gasteiger partial charge in [0.25, 0.3) is 0 Å². The summed E-state index contributed by atoms with van der Waals surface area (Å²) < 4.78 is 52.5. The van der Waals surface area contributed by atoms with Gasteiger partial charge >= 0.3 is 0 Å². The molecule has 2 heterocycles. The molecule has 4 aromatic carbocycles. The summed E-state index contributed by atoms with van der Waals surface area (Å²) in [5.41, 5.74) is 5.01. The number of sulfonamides is 1. The van der Waals surface area contributed by atoms with Crippen molar-refractivity contribution in [1.29, 1.82) is 0 Å². The number of benzene rings is 4. The smallest absolute Gasteiger partial charge is 0.245 e. The van der Waals surface area contributed by atoms with Crippen molar-refractivity contribution in [2.45, 2.75) is 74.5 Å². The highest BCUT2D eigenvalue weighted by atomic mass is 32.2. The van der Waals surface area contributed by atoms with Crippen LogP contribution in [-0.2, 0) is 19.6 Å². The Morgan fingerprint density at radius 2 is 1.63 bits per heavy atom. The Kier molecular flexibility index (Phi) is 13.7. The van der Waals surface area contributed by atoms with Crippen LogP contribution in [0, 0.1) is 17.8 Å². The normalized spacial score (nSPS) is 23.4. The van der Waals surface area contributed by atoms with Gasteiger partial charge in [-0.1, -0.05) is 90.8 Å². The number of nitrogens with zero attached hydrogens (tertiary/aromatic N) is 3. The van der Waals surface area contributed by atoms with Crippen molar-refractivity contribution in [2.24, 2.45) is 22.9 Å². The second kappa shape index (κ2) is 19.6. The van der Waals surface area contributed by atoms with Gasteiger partial charge in [-0.3, -0.25) is 4.98 Å². The highest BCUT2D eigenvalue weighted by molar-refractivity contribution is 7.89. The van der Waals surface area contributed by atoms with Crippen LogP contribution in [0.3, 0.4) is 0 Å². The second-order valence-corrected chi connectivity index (χ2v) is 18.5. The molecule has 0 spiro atoms. The summed E-state index contributed by atoms with van der Waals surface area (Å²) in [7, 11) is -2.66. The third kappa shape index (κ3) is 8.79. The minimum atomic E-state index is -4.24. The summed E-state index contributed by atoms with van der Waals surface area (Å²) in [6.07, 6.45) is 10.1. The molecule has 0 saturated heterocycles. The minimum absolute atomic E-state index is 0.00929. The number of rotatable bonds is 19. The zero-order valence-electron chi connectivity index (χ0n) is 36.0. The average molecular weight is 872 g/mol. The van der Waals surface area contributed by atoms with Gasteiger partial charge in [-0.25, -0.2) is 8.42 Å². The molecule has 11 nitrogen and oxygen atoms in total. The van der Waals surface area contributed by atoms with Gasteiger partial charge in [-0.15, -0.1) is 6.58 Å². The molecule has 6 atom stereocenters. The molecule has 330 valence electrons. The molecule has 0 radical (unpaired) electrons. The number of aliphatic hydroxyl groups excluding tert-OH is 2. The van der Waals surface area contributed by atoms with Crippen LogP contribution in [-0.4, -0.2) is 78.9 Å². The van der Waals surface area contributed by atoms with Crippen LogP contribution < -0.4 is 9.47 Å². The average Bonchev–Trinajstić information content (AvgIpc) is 3.31. The molecule has 8 rings (SSSR count). The first-order valence-electron chi connectivity index (χ1n) is 22.1. The lowest BCUT2D eigenvalue weighted by Crippen LogP contribution is -2.69. The number of likely N-dealkylation sites (N-methyl/N-ethyl adjacent to an activating group) is 1. The number of fused-ring (bicyclic) bond motifs is 3. The summed E-state index contributed by atoms with van der Waals surface area (Å²) in [5, 5.41) is 25.3. The molecule has 1 fully saturated rings. The molecule has 1 aromatic heterocycles. The van der Waals surface area contributed by atoms with Gasteiger partial charge in [0, 0.05) is 49.7 Å². The van der Waals surface area contributed by atoms with Crippen molar-refractivity contribution in [3.63, 3.8) is 0 Å². The number of allylic oxidation sites excluding steroid dienone is 1. The number of hydrogen-bond acceptors (Lipinski definition) is 10. The zero-order valence-corrected chi connectivity index (χ0v) is 36.8. The summed E-state index contributed by atoms with van der Waals surface area (Å²) in [6.45, 7) is 6.45. The van der Waals surface area contributed by atoms with Gasteiger partial charge in [-0.05, 0) is 104 Å². The standard InChI is InChI=1S/C51H57N3O8S/c1-4-31-59-51-47(54(3)63(57,58)46-21-13-18-37-19-14-28-52-50(37)46)34-44(53-60-5-2)42-32-38(17-9-11-29-55)41(20-10-12-30-56)48(49(42)51)43-33-40(26-27-45(43)62-51)61-39-24-22-36(23-25-39)35-15-7-6-8-16-35/h4,6-8,13-16,18-19,21-28,32-33,38,41,47-49,55-56H,1,5,9-12,17,20,29-31,34H2,2-3H3. The van der Waals surface area contributed by atoms with E-state index in [0.29, 0.717) is 53.3 Å². The molecule has 2 N–H and O–H groups in total. The quantitative estimate of drug-likeness (QED) is 0.0472. The first kappa shape index (κ1) is 44.2. The summed E-state index contributed by atoms with van der Waals surface area (Å²) in [5.74, 6) is -0.438. The van der Waals surface area contributed by atoms with E-state index in [1.807, 2.05) is 73.7 Å². The van der Waals surface area contributed by atoms with Crippen LogP contribution in [0.25, 0.3) is 22.0 Å². The molecule has 3 aliphatic rings. The Labute approximate surface area is 370 Å². The third-order valence-electron chi connectivity index (χ3n) is 12.8. The van der Waals surface area contributed by atoms with Crippen LogP contribution in [0.4, 0.5) is 0 Å². The maximum Gasteiger partial charge on any atom is 0.245 e. The Balaban J connectivity index is 1.30. The largest absolute Gasteiger partial charge is 0.460 e. The molecule has 2 aliphatic carbocycles. The molecule has 0 amide bonds. The fourth-order valence-corrected chi connectivity index (χ4v) is 11.5. The van der Waals surface area contributed by atoms with Gasteiger partial charge in [0.05, 0.1) is 29.8 Å². The van der Waals surface area contributed by atoms with Gasteiger partial charge in [0.1, 0.15) is 28.8 Å². The van der Waals surface area contributed by atoms with Gasteiger partial charge in [0.15, 0.2) is 0 Å². The van der Waals surface area contributed by atoms with E-state index in [0.717, 1.165) is 47.9 Å². The van der Waals surface area contributed by atoms with Crippen molar-refractivity contribution >= 4 is 26.6 Å². The van der Waals surface area contributed by atoms with E-state index < -0.39 is 27.8 Å². The van der Waals surface area contributed by atoms with E-state index in [1.165, 1.54) is 4.31 Å². The lowest BCUT2D eigenvalue weighted by Gasteiger charge is -2.59. The third-order valence-corrected chi connectivity index (χ3v) is 14.7. The molecule has 0 bridgehead atoms. The molecule has 63 heavy (non-hydrogen) atoms. The molecule has 12 heteroatoms. The highest BCUT2D eigenvalue weighted by Crippen LogP contribution is 2.62. The van der Waals surface area contributed by atoms with Crippen LogP contribution in [0.5, 0.6) is 17.2 Å². The second-order valence-electron chi connectivity index (χ2n) is 16.5. The number of aliphatic hydroxyl groups is 2.